The summed E-state index contributed by atoms with van der Waals surface area (Å²) in [5.41, 5.74) is 3.20. The molecule has 0 amide bonds. The van der Waals surface area contributed by atoms with E-state index in [1.54, 1.807) is 12.1 Å². The maximum atomic E-state index is 14.0. The first-order valence-electron chi connectivity index (χ1n) is 6.21. The first-order valence-corrected chi connectivity index (χ1v) is 7.38. The SMILES string of the molecule is CCCCCCC(NN)c1ccc(Br)c(Cl)c1F. The number of hydrogen-bond donors (Lipinski definition) is 2. The summed E-state index contributed by atoms with van der Waals surface area (Å²) in [5, 5.41) is 0.112. The highest BCUT2D eigenvalue weighted by atomic mass is 79.9. The minimum Gasteiger partial charge on any atom is -0.271 e. The maximum absolute atomic E-state index is 14.0. The molecular weight excluding hydrogens is 319 g/mol. The van der Waals surface area contributed by atoms with Crippen molar-refractivity contribution >= 4 is 27.5 Å². The molecule has 102 valence electrons. The highest BCUT2D eigenvalue weighted by molar-refractivity contribution is 9.10. The van der Waals surface area contributed by atoms with Gasteiger partial charge in [-0.3, -0.25) is 11.3 Å². The summed E-state index contributed by atoms with van der Waals surface area (Å²) in [6.45, 7) is 2.16. The van der Waals surface area contributed by atoms with Crippen molar-refractivity contribution in [3.63, 3.8) is 0 Å². The van der Waals surface area contributed by atoms with Gasteiger partial charge in [-0.15, -0.1) is 0 Å². The molecule has 0 aliphatic rings. The molecule has 0 spiro atoms. The standard InChI is InChI=1S/C13H19BrClFN2/c1-2-3-4-5-6-11(18-17)9-7-8-10(14)12(15)13(9)16/h7-8,11,18H,2-6,17H2,1H3. The Bertz CT molecular complexity index is 387. The number of nitrogens with two attached hydrogens (primary N) is 1. The molecular formula is C13H19BrClFN2. The summed E-state index contributed by atoms with van der Waals surface area (Å²) >= 11 is 9.08. The van der Waals surface area contributed by atoms with E-state index in [1.165, 1.54) is 12.8 Å². The van der Waals surface area contributed by atoms with Gasteiger partial charge in [0, 0.05) is 16.1 Å². The Balaban J connectivity index is 2.73. The minimum atomic E-state index is -0.399. The third-order valence-electron chi connectivity index (χ3n) is 2.99. The van der Waals surface area contributed by atoms with Gasteiger partial charge in [0.25, 0.3) is 0 Å². The quantitative estimate of drug-likeness (QED) is 0.327. The average Bonchev–Trinajstić information content (AvgIpc) is 2.38. The van der Waals surface area contributed by atoms with E-state index in [0.717, 1.165) is 19.3 Å². The van der Waals surface area contributed by atoms with Gasteiger partial charge in [0.1, 0.15) is 5.82 Å². The van der Waals surface area contributed by atoms with E-state index in [4.69, 9.17) is 17.4 Å². The Morgan fingerprint density at radius 1 is 1.39 bits per heavy atom. The molecule has 0 saturated heterocycles. The van der Waals surface area contributed by atoms with Gasteiger partial charge in [-0.25, -0.2) is 4.39 Å². The van der Waals surface area contributed by atoms with Crippen molar-refractivity contribution in [1.82, 2.24) is 5.43 Å². The van der Waals surface area contributed by atoms with Crippen molar-refractivity contribution in [2.75, 3.05) is 0 Å². The molecule has 1 unspecified atom stereocenters. The van der Waals surface area contributed by atoms with Crippen LogP contribution in [0.2, 0.25) is 5.02 Å². The van der Waals surface area contributed by atoms with Crippen LogP contribution in [0.5, 0.6) is 0 Å². The summed E-state index contributed by atoms with van der Waals surface area (Å²) in [6, 6.07) is 3.28. The zero-order chi connectivity index (χ0) is 13.5. The van der Waals surface area contributed by atoms with Gasteiger partial charge in [0.15, 0.2) is 0 Å². The van der Waals surface area contributed by atoms with Crippen LogP contribution < -0.4 is 11.3 Å². The third kappa shape index (κ3) is 4.19. The summed E-state index contributed by atoms with van der Waals surface area (Å²) in [7, 11) is 0. The van der Waals surface area contributed by atoms with Crippen LogP contribution in [0.3, 0.4) is 0 Å². The molecule has 0 aliphatic heterocycles. The van der Waals surface area contributed by atoms with Crippen molar-refractivity contribution in [2.45, 2.75) is 45.1 Å². The van der Waals surface area contributed by atoms with E-state index in [1.807, 2.05) is 0 Å². The normalized spacial score (nSPS) is 12.7. The van der Waals surface area contributed by atoms with Crippen LogP contribution in [-0.2, 0) is 0 Å². The molecule has 0 heterocycles. The molecule has 0 aromatic heterocycles. The lowest BCUT2D eigenvalue weighted by Gasteiger charge is -2.18. The Morgan fingerprint density at radius 2 is 2.11 bits per heavy atom. The van der Waals surface area contributed by atoms with Gasteiger partial charge in [-0.1, -0.05) is 50.3 Å². The second-order valence-corrected chi connectivity index (χ2v) is 5.57. The average molecular weight is 338 g/mol. The molecule has 0 radical (unpaired) electrons. The number of halogens is 3. The van der Waals surface area contributed by atoms with Crippen LogP contribution in [0, 0.1) is 5.82 Å². The molecule has 1 rings (SSSR count). The second-order valence-electron chi connectivity index (χ2n) is 4.33. The van der Waals surface area contributed by atoms with Crippen LogP contribution >= 0.6 is 27.5 Å². The Morgan fingerprint density at radius 3 is 2.72 bits per heavy atom. The fraction of sp³-hybridized carbons (Fsp3) is 0.538. The van der Waals surface area contributed by atoms with E-state index in [2.05, 4.69) is 28.3 Å². The molecule has 3 N–H and O–H groups in total. The van der Waals surface area contributed by atoms with Gasteiger partial charge in [0.05, 0.1) is 5.02 Å². The number of hydrazine groups is 1. The van der Waals surface area contributed by atoms with Crippen LogP contribution in [0.4, 0.5) is 4.39 Å². The largest absolute Gasteiger partial charge is 0.271 e. The smallest absolute Gasteiger partial charge is 0.147 e. The number of nitrogens with one attached hydrogen (secondary N) is 1. The molecule has 18 heavy (non-hydrogen) atoms. The minimum absolute atomic E-state index is 0.112. The molecule has 0 fully saturated rings. The second kappa shape index (κ2) is 8.10. The van der Waals surface area contributed by atoms with Crippen LogP contribution in [0.1, 0.15) is 50.6 Å². The van der Waals surface area contributed by atoms with E-state index >= 15 is 0 Å². The molecule has 5 heteroatoms. The van der Waals surface area contributed by atoms with Crippen LogP contribution in [-0.4, -0.2) is 0 Å². The van der Waals surface area contributed by atoms with E-state index < -0.39 is 5.82 Å². The summed E-state index contributed by atoms with van der Waals surface area (Å²) in [6.07, 6.45) is 5.35. The number of benzene rings is 1. The van der Waals surface area contributed by atoms with Crippen LogP contribution in [0.25, 0.3) is 0 Å². The first kappa shape index (κ1) is 15.9. The van der Waals surface area contributed by atoms with Gasteiger partial charge in [-0.2, -0.15) is 0 Å². The van der Waals surface area contributed by atoms with Gasteiger partial charge in [0.2, 0.25) is 0 Å². The van der Waals surface area contributed by atoms with Gasteiger partial charge >= 0.3 is 0 Å². The van der Waals surface area contributed by atoms with E-state index in [0.29, 0.717) is 10.0 Å². The lowest BCUT2D eigenvalue weighted by molar-refractivity contribution is 0.460. The zero-order valence-electron chi connectivity index (χ0n) is 10.5. The molecule has 1 atom stereocenters. The zero-order valence-corrected chi connectivity index (χ0v) is 12.8. The maximum Gasteiger partial charge on any atom is 0.147 e. The number of rotatable bonds is 7. The number of unbranched alkanes of at least 4 members (excludes halogenated alkanes) is 3. The predicted octanol–water partition coefficient (Wildman–Crippen LogP) is 4.72. The predicted molar refractivity (Wildman–Crippen MR) is 77.9 cm³/mol. The molecule has 2 nitrogen and oxygen atoms in total. The fourth-order valence-electron chi connectivity index (χ4n) is 1.91. The Kier molecular flexibility index (Phi) is 7.15. The van der Waals surface area contributed by atoms with Crippen molar-refractivity contribution in [3.8, 4) is 0 Å². The fourth-order valence-corrected chi connectivity index (χ4v) is 2.39. The lowest BCUT2D eigenvalue weighted by Crippen LogP contribution is -2.28. The lowest BCUT2D eigenvalue weighted by atomic mass is 10.00. The van der Waals surface area contributed by atoms with Gasteiger partial charge < -0.3 is 0 Å². The molecule has 0 aliphatic carbocycles. The third-order valence-corrected chi connectivity index (χ3v) is 4.25. The summed E-state index contributed by atoms with van der Waals surface area (Å²) in [4.78, 5) is 0. The first-order chi connectivity index (χ1) is 8.61. The summed E-state index contributed by atoms with van der Waals surface area (Å²) in [5.74, 6) is 5.11. The molecule has 0 bridgehead atoms. The van der Waals surface area contributed by atoms with Gasteiger partial charge in [-0.05, 0) is 28.4 Å². The van der Waals surface area contributed by atoms with E-state index in [9.17, 15) is 4.39 Å². The Labute approximate surface area is 121 Å². The monoisotopic (exact) mass is 336 g/mol. The van der Waals surface area contributed by atoms with Crippen molar-refractivity contribution < 1.29 is 4.39 Å². The molecule has 1 aromatic rings. The van der Waals surface area contributed by atoms with Crippen molar-refractivity contribution in [3.05, 3.63) is 33.0 Å². The summed E-state index contributed by atoms with van der Waals surface area (Å²) < 4.78 is 14.6. The Hall–Kier alpha value is -0.160. The molecule has 0 saturated carbocycles. The van der Waals surface area contributed by atoms with E-state index in [-0.39, 0.29) is 11.1 Å². The van der Waals surface area contributed by atoms with Crippen molar-refractivity contribution in [2.24, 2.45) is 5.84 Å². The highest BCUT2D eigenvalue weighted by Gasteiger charge is 2.17. The number of hydrogen-bond acceptors (Lipinski definition) is 2. The molecule has 1 aromatic carbocycles. The highest BCUT2D eigenvalue weighted by Crippen LogP contribution is 2.31. The van der Waals surface area contributed by atoms with Crippen LogP contribution in [0.15, 0.2) is 16.6 Å². The van der Waals surface area contributed by atoms with Crippen molar-refractivity contribution in [1.29, 1.82) is 0 Å². The topological polar surface area (TPSA) is 38.0 Å².